The highest BCUT2D eigenvalue weighted by Crippen LogP contribution is 2.34. The van der Waals surface area contributed by atoms with E-state index < -0.39 is 12.0 Å². The van der Waals surface area contributed by atoms with Crippen LogP contribution in [0.2, 0.25) is 0 Å². The lowest BCUT2D eigenvalue weighted by Gasteiger charge is -2.18. The normalized spacial score (nSPS) is 11.7. The number of anilines is 1. The number of para-hydroxylation sites is 2. The summed E-state index contributed by atoms with van der Waals surface area (Å²) in [6, 6.07) is 26.9. The Bertz CT molecular complexity index is 1500. The Morgan fingerprint density at radius 2 is 1.72 bits per heavy atom. The van der Waals surface area contributed by atoms with Gasteiger partial charge in [0.15, 0.2) is 16.6 Å². The van der Waals surface area contributed by atoms with Crippen LogP contribution in [0, 0.1) is 0 Å². The van der Waals surface area contributed by atoms with Crippen molar-refractivity contribution in [3.05, 3.63) is 108 Å². The van der Waals surface area contributed by atoms with Gasteiger partial charge in [0.2, 0.25) is 5.89 Å². The number of carbonyl (C=O) groups excluding carboxylic acids is 1. The predicted molar refractivity (Wildman–Crippen MR) is 144 cm³/mol. The minimum atomic E-state index is -0.575. The van der Waals surface area contributed by atoms with Gasteiger partial charge in [-0.2, -0.15) is 0 Å². The summed E-state index contributed by atoms with van der Waals surface area (Å²) in [4.78, 5) is 20.5. The molecule has 0 fully saturated rings. The molecular weight excluding hydrogens is 472 g/mol. The van der Waals surface area contributed by atoms with Gasteiger partial charge in [-0.15, -0.1) is 0 Å². The number of nitrogens with one attached hydrogen (secondary N) is 3. The lowest BCUT2D eigenvalue weighted by Crippen LogP contribution is -2.33. The molecule has 0 spiro atoms. The van der Waals surface area contributed by atoms with Crippen LogP contribution >= 0.6 is 12.2 Å². The van der Waals surface area contributed by atoms with E-state index in [1.54, 1.807) is 0 Å². The second-order valence-electron chi connectivity index (χ2n) is 8.18. The molecule has 180 valence electrons. The van der Waals surface area contributed by atoms with Crippen LogP contribution in [0.4, 0.5) is 5.69 Å². The Hall–Kier alpha value is -4.43. The third kappa shape index (κ3) is 4.99. The molecule has 1 unspecified atom stereocenters. The van der Waals surface area contributed by atoms with Crippen molar-refractivity contribution in [1.29, 1.82) is 0 Å². The second kappa shape index (κ2) is 10.5. The maximum absolute atomic E-state index is 12.7. The van der Waals surface area contributed by atoms with Crippen molar-refractivity contribution in [2.24, 2.45) is 0 Å². The molecular formula is C28H24N4O3S. The van der Waals surface area contributed by atoms with Gasteiger partial charge in [-0.25, -0.2) is 9.78 Å². The Morgan fingerprint density at radius 3 is 2.47 bits per heavy atom. The van der Waals surface area contributed by atoms with Crippen LogP contribution in [0.1, 0.15) is 28.0 Å². The highest BCUT2D eigenvalue weighted by Gasteiger charge is 2.28. The van der Waals surface area contributed by atoms with Crippen molar-refractivity contribution in [2.75, 3.05) is 12.4 Å². The van der Waals surface area contributed by atoms with Gasteiger partial charge < -0.3 is 24.8 Å². The maximum atomic E-state index is 12.7. The van der Waals surface area contributed by atoms with Crippen LogP contribution in [0.25, 0.3) is 22.2 Å². The molecule has 0 saturated heterocycles. The number of H-pyrrole nitrogens is 1. The molecule has 0 aliphatic carbocycles. The molecule has 7 nitrogen and oxygen atoms in total. The number of fused-ring (bicyclic) bond motifs is 1. The molecule has 2 aromatic heterocycles. The molecule has 5 rings (SSSR count). The number of esters is 1. The van der Waals surface area contributed by atoms with Gasteiger partial charge in [0.1, 0.15) is 6.04 Å². The van der Waals surface area contributed by atoms with Crippen LogP contribution in [0.15, 0.2) is 95.5 Å². The van der Waals surface area contributed by atoms with Crippen LogP contribution < -0.4 is 10.6 Å². The summed E-state index contributed by atoms with van der Waals surface area (Å²) < 4.78 is 11.3. The first kappa shape index (κ1) is 23.3. The average molecular weight is 497 g/mol. The summed E-state index contributed by atoms with van der Waals surface area (Å²) in [7, 11) is 1.33. The Morgan fingerprint density at radius 1 is 1.03 bits per heavy atom. The molecule has 36 heavy (non-hydrogen) atoms. The van der Waals surface area contributed by atoms with Crippen molar-refractivity contribution in [2.45, 2.75) is 12.5 Å². The number of thiocarbonyl (C=S) groups is 1. The second-order valence-corrected chi connectivity index (χ2v) is 8.58. The number of aromatic amines is 1. The zero-order valence-electron chi connectivity index (χ0n) is 19.5. The maximum Gasteiger partial charge on any atom is 0.360 e. The van der Waals surface area contributed by atoms with Gasteiger partial charge in [-0.05, 0) is 36.0 Å². The van der Waals surface area contributed by atoms with Gasteiger partial charge in [0.25, 0.3) is 0 Å². The molecule has 3 aromatic carbocycles. The van der Waals surface area contributed by atoms with Crippen molar-refractivity contribution in [3.8, 4) is 11.3 Å². The van der Waals surface area contributed by atoms with E-state index in [2.05, 4.69) is 20.6 Å². The minimum absolute atomic E-state index is 0.110. The zero-order valence-corrected chi connectivity index (χ0v) is 20.3. The van der Waals surface area contributed by atoms with Gasteiger partial charge in [-0.1, -0.05) is 66.7 Å². The topological polar surface area (TPSA) is 92.2 Å². The van der Waals surface area contributed by atoms with E-state index in [0.29, 0.717) is 23.2 Å². The third-order valence-corrected chi connectivity index (χ3v) is 5.99. The van der Waals surface area contributed by atoms with E-state index in [9.17, 15) is 4.79 Å². The number of nitrogens with zero attached hydrogens (tertiary/aromatic N) is 1. The fourth-order valence-electron chi connectivity index (χ4n) is 4.06. The molecule has 0 saturated carbocycles. The number of rotatable bonds is 7. The molecule has 5 aromatic rings. The lowest BCUT2D eigenvalue weighted by atomic mass is 10.1. The molecule has 0 amide bonds. The van der Waals surface area contributed by atoms with Crippen molar-refractivity contribution < 1.29 is 13.9 Å². The molecule has 3 N–H and O–H groups in total. The van der Waals surface area contributed by atoms with Crippen molar-refractivity contribution in [3.63, 3.8) is 0 Å². The minimum Gasteiger partial charge on any atom is -0.464 e. The van der Waals surface area contributed by atoms with Crippen LogP contribution in [0.5, 0.6) is 0 Å². The van der Waals surface area contributed by atoms with E-state index in [0.717, 1.165) is 27.7 Å². The number of ether oxygens (including phenoxy) is 1. The molecule has 1 atom stereocenters. The summed E-state index contributed by atoms with van der Waals surface area (Å²) in [6.45, 7) is 0. The van der Waals surface area contributed by atoms with E-state index in [1.807, 2.05) is 91.1 Å². The number of oxazole rings is 1. The van der Waals surface area contributed by atoms with Crippen LogP contribution in [-0.2, 0) is 11.2 Å². The number of benzene rings is 3. The van der Waals surface area contributed by atoms with E-state index in [-0.39, 0.29) is 5.69 Å². The van der Waals surface area contributed by atoms with E-state index in [1.165, 1.54) is 7.11 Å². The molecule has 0 bridgehead atoms. The quantitative estimate of drug-likeness (QED) is 0.191. The molecule has 0 aliphatic heterocycles. The lowest BCUT2D eigenvalue weighted by molar-refractivity contribution is 0.0595. The van der Waals surface area contributed by atoms with E-state index >= 15 is 0 Å². The summed E-state index contributed by atoms with van der Waals surface area (Å²) in [5.41, 5.74) is 3.68. The first-order valence-corrected chi connectivity index (χ1v) is 11.8. The first-order valence-electron chi connectivity index (χ1n) is 11.4. The third-order valence-electron chi connectivity index (χ3n) is 5.77. The van der Waals surface area contributed by atoms with Crippen molar-refractivity contribution in [1.82, 2.24) is 15.3 Å². The summed E-state index contributed by atoms with van der Waals surface area (Å²) >= 11 is 5.60. The average Bonchev–Trinajstić information content (AvgIpc) is 3.54. The highest BCUT2D eigenvalue weighted by atomic mass is 32.1. The molecule has 0 aliphatic rings. The van der Waals surface area contributed by atoms with Crippen LogP contribution in [0.3, 0.4) is 0 Å². The molecule has 0 radical (unpaired) electrons. The summed E-state index contributed by atoms with van der Waals surface area (Å²) in [6.07, 6.45) is 2.34. The SMILES string of the molecule is COC(=O)c1nc(C(Cc2ccccc2)NC(=S)Nc2ccccc2)oc1-c1c[nH]c2ccccc12. The summed E-state index contributed by atoms with van der Waals surface area (Å²) in [5.74, 6) is 0.0987. The number of carbonyl (C=O) groups is 1. The number of methoxy groups -OCH3 is 1. The van der Waals surface area contributed by atoms with Gasteiger partial charge in [0.05, 0.1) is 7.11 Å². The predicted octanol–water partition coefficient (Wildman–Crippen LogP) is 5.88. The Labute approximate surface area is 213 Å². The van der Waals surface area contributed by atoms with E-state index in [4.69, 9.17) is 21.4 Å². The highest BCUT2D eigenvalue weighted by molar-refractivity contribution is 7.80. The molecule has 2 heterocycles. The van der Waals surface area contributed by atoms with Gasteiger partial charge in [-0.3, -0.25) is 0 Å². The van der Waals surface area contributed by atoms with Gasteiger partial charge in [0, 0.05) is 34.8 Å². The number of hydrogen-bond donors (Lipinski definition) is 3. The monoisotopic (exact) mass is 496 g/mol. The van der Waals surface area contributed by atoms with Crippen LogP contribution in [-0.4, -0.2) is 28.2 Å². The van der Waals surface area contributed by atoms with Crippen molar-refractivity contribution >= 4 is 39.9 Å². The fourth-order valence-corrected chi connectivity index (χ4v) is 4.32. The number of hydrogen-bond acceptors (Lipinski definition) is 5. The Balaban J connectivity index is 1.53. The smallest absolute Gasteiger partial charge is 0.360 e. The Kier molecular flexibility index (Phi) is 6.77. The largest absolute Gasteiger partial charge is 0.464 e. The van der Waals surface area contributed by atoms with Gasteiger partial charge >= 0.3 is 5.97 Å². The number of aromatic nitrogens is 2. The molecule has 8 heteroatoms. The first-order chi connectivity index (χ1) is 17.6. The zero-order chi connectivity index (χ0) is 24.9. The summed E-state index contributed by atoms with van der Waals surface area (Å²) in [5, 5.41) is 7.83. The standard InChI is InChI=1S/C28H24N4O3S/c1-34-27(33)24-25(21-17-29-22-15-9-8-14-20(21)22)35-26(32-24)23(16-18-10-4-2-5-11-18)31-28(36)30-19-12-6-3-7-13-19/h2-15,17,23,29H,16H2,1H3,(H2,30,31,36). The fraction of sp³-hybridized carbons (Fsp3) is 0.107.